The zero-order chi connectivity index (χ0) is 13.7. The van der Waals surface area contributed by atoms with Gasteiger partial charge in [0.15, 0.2) is 5.03 Å². The molecule has 6 nitrogen and oxygen atoms in total. The standard InChI is InChI=1S/C12H22N4O2S/c1-2-11-14-9-12(16-11)19(17,18)15-8-5-10-3-6-13-7-4-10/h9-10,13,15H,2-8H2,1H3,(H,14,16). The summed E-state index contributed by atoms with van der Waals surface area (Å²) in [6.07, 6.45) is 5.24. The fraction of sp³-hybridized carbons (Fsp3) is 0.750. The molecule has 0 amide bonds. The molecule has 0 aliphatic carbocycles. The third kappa shape index (κ3) is 4.02. The van der Waals surface area contributed by atoms with Crippen LogP contribution in [0.4, 0.5) is 0 Å². The molecular weight excluding hydrogens is 264 g/mol. The lowest BCUT2D eigenvalue weighted by Crippen LogP contribution is -2.31. The molecule has 7 heteroatoms. The average molecular weight is 286 g/mol. The molecule has 0 unspecified atom stereocenters. The van der Waals surface area contributed by atoms with Crippen molar-refractivity contribution in [1.29, 1.82) is 0 Å². The van der Waals surface area contributed by atoms with Crippen molar-refractivity contribution in [3.05, 3.63) is 12.0 Å². The number of sulfonamides is 1. The van der Waals surface area contributed by atoms with Gasteiger partial charge in [0.05, 0.1) is 6.20 Å². The molecule has 1 aromatic rings. The number of rotatable bonds is 6. The summed E-state index contributed by atoms with van der Waals surface area (Å²) in [5.74, 6) is 1.32. The normalized spacial score (nSPS) is 17.7. The van der Waals surface area contributed by atoms with Crippen molar-refractivity contribution in [1.82, 2.24) is 20.0 Å². The first-order chi connectivity index (χ1) is 9.12. The van der Waals surface area contributed by atoms with E-state index in [-0.39, 0.29) is 5.03 Å². The monoisotopic (exact) mass is 286 g/mol. The molecule has 1 aliphatic heterocycles. The van der Waals surface area contributed by atoms with Crippen molar-refractivity contribution in [3.63, 3.8) is 0 Å². The molecule has 3 N–H and O–H groups in total. The van der Waals surface area contributed by atoms with Gasteiger partial charge < -0.3 is 10.3 Å². The molecule has 0 bridgehead atoms. The summed E-state index contributed by atoms with van der Waals surface area (Å²) in [6, 6.07) is 0. The number of nitrogens with one attached hydrogen (secondary N) is 3. The van der Waals surface area contributed by atoms with Crippen LogP contribution in [0, 0.1) is 5.92 Å². The van der Waals surface area contributed by atoms with E-state index in [1.807, 2.05) is 6.92 Å². The molecule has 2 heterocycles. The summed E-state index contributed by atoms with van der Waals surface area (Å²) in [5.41, 5.74) is 0. The molecule has 2 rings (SSSR count). The lowest BCUT2D eigenvalue weighted by Gasteiger charge is -2.22. The Morgan fingerprint density at radius 2 is 2.16 bits per heavy atom. The Balaban J connectivity index is 1.83. The predicted octanol–water partition coefficient (Wildman–Crippen LogP) is 0.640. The number of hydrogen-bond donors (Lipinski definition) is 3. The van der Waals surface area contributed by atoms with Gasteiger partial charge in [-0.1, -0.05) is 6.92 Å². The molecule has 1 fully saturated rings. The number of aryl methyl sites for hydroxylation is 1. The molecule has 0 saturated carbocycles. The van der Waals surface area contributed by atoms with E-state index in [1.54, 1.807) is 0 Å². The summed E-state index contributed by atoms with van der Waals surface area (Å²) < 4.78 is 26.7. The average Bonchev–Trinajstić information content (AvgIpc) is 2.89. The van der Waals surface area contributed by atoms with Gasteiger partial charge in [0.1, 0.15) is 5.82 Å². The molecule has 0 aromatic carbocycles. The zero-order valence-electron chi connectivity index (χ0n) is 11.3. The van der Waals surface area contributed by atoms with Crippen LogP contribution in [0.25, 0.3) is 0 Å². The Labute approximate surface area is 114 Å². The van der Waals surface area contributed by atoms with Gasteiger partial charge in [-0.15, -0.1) is 0 Å². The molecule has 1 aliphatic rings. The van der Waals surface area contributed by atoms with E-state index in [9.17, 15) is 8.42 Å². The maximum atomic E-state index is 12.0. The smallest absolute Gasteiger partial charge is 0.257 e. The number of aromatic nitrogens is 2. The Bertz CT molecular complexity index is 492. The highest BCUT2D eigenvalue weighted by Crippen LogP contribution is 2.15. The van der Waals surface area contributed by atoms with Gasteiger partial charge in [-0.2, -0.15) is 0 Å². The zero-order valence-corrected chi connectivity index (χ0v) is 12.1. The van der Waals surface area contributed by atoms with Crippen molar-refractivity contribution in [3.8, 4) is 0 Å². The van der Waals surface area contributed by atoms with Crippen LogP contribution < -0.4 is 10.0 Å². The predicted molar refractivity (Wildman–Crippen MR) is 73.4 cm³/mol. The first-order valence-electron chi connectivity index (χ1n) is 6.86. The van der Waals surface area contributed by atoms with E-state index < -0.39 is 10.0 Å². The Morgan fingerprint density at radius 3 is 2.79 bits per heavy atom. The van der Waals surface area contributed by atoms with Crippen LogP contribution in [0.3, 0.4) is 0 Å². The van der Waals surface area contributed by atoms with Gasteiger partial charge in [0.2, 0.25) is 0 Å². The van der Waals surface area contributed by atoms with Gasteiger partial charge in [0, 0.05) is 13.0 Å². The first kappa shape index (κ1) is 14.5. The van der Waals surface area contributed by atoms with Crippen LogP contribution in [-0.4, -0.2) is 38.0 Å². The molecular formula is C12H22N4O2S. The van der Waals surface area contributed by atoms with Crippen LogP contribution in [0.2, 0.25) is 0 Å². The summed E-state index contributed by atoms with van der Waals surface area (Å²) >= 11 is 0. The van der Waals surface area contributed by atoms with Crippen molar-refractivity contribution >= 4 is 10.0 Å². The number of H-pyrrole nitrogens is 1. The highest BCUT2D eigenvalue weighted by Gasteiger charge is 2.18. The lowest BCUT2D eigenvalue weighted by atomic mass is 9.95. The van der Waals surface area contributed by atoms with Gasteiger partial charge in [-0.3, -0.25) is 0 Å². The fourth-order valence-corrected chi connectivity index (χ4v) is 3.29. The van der Waals surface area contributed by atoms with E-state index in [0.29, 0.717) is 24.7 Å². The first-order valence-corrected chi connectivity index (χ1v) is 8.34. The van der Waals surface area contributed by atoms with Crippen LogP contribution in [0.5, 0.6) is 0 Å². The highest BCUT2D eigenvalue weighted by molar-refractivity contribution is 7.89. The van der Waals surface area contributed by atoms with Crippen LogP contribution >= 0.6 is 0 Å². The van der Waals surface area contributed by atoms with Gasteiger partial charge in [-0.25, -0.2) is 18.1 Å². The topological polar surface area (TPSA) is 86.9 Å². The number of imidazole rings is 1. The third-order valence-corrected chi connectivity index (χ3v) is 4.90. The van der Waals surface area contributed by atoms with Crippen molar-refractivity contribution < 1.29 is 8.42 Å². The number of nitrogens with zero attached hydrogens (tertiary/aromatic N) is 1. The van der Waals surface area contributed by atoms with Crippen molar-refractivity contribution in [2.45, 2.75) is 37.6 Å². The van der Waals surface area contributed by atoms with E-state index in [0.717, 1.165) is 32.4 Å². The second-order valence-electron chi connectivity index (χ2n) is 4.93. The molecule has 0 atom stereocenters. The summed E-state index contributed by atoms with van der Waals surface area (Å²) in [6.45, 7) is 4.50. The Hall–Kier alpha value is -0.920. The molecule has 1 aromatic heterocycles. The minimum absolute atomic E-state index is 0.162. The minimum atomic E-state index is -3.43. The quantitative estimate of drug-likeness (QED) is 0.716. The Kier molecular flexibility index (Phi) is 4.95. The van der Waals surface area contributed by atoms with Gasteiger partial charge in [0.25, 0.3) is 10.0 Å². The molecule has 0 spiro atoms. The SMILES string of the molecule is CCc1ncc(S(=O)(=O)NCCC2CCNCC2)[nH]1. The molecule has 19 heavy (non-hydrogen) atoms. The van der Waals surface area contributed by atoms with Crippen LogP contribution in [0.1, 0.15) is 32.0 Å². The minimum Gasteiger partial charge on any atom is -0.332 e. The maximum absolute atomic E-state index is 12.0. The summed E-state index contributed by atoms with van der Waals surface area (Å²) in [7, 11) is -3.43. The molecule has 108 valence electrons. The second kappa shape index (κ2) is 6.49. The van der Waals surface area contributed by atoms with Gasteiger partial charge >= 0.3 is 0 Å². The van der Waals surface area contributed by atoms with E-state index >= 15 is 0 Å². The lowest BCUT2D eigenvalue weighted by molar-refractivity contribution is 0.354. The molecule has 0 radical (unpaired) electrons. The van der Waals surface area contributed by atoms with Crippen LogP contribution in [-0.2, 0) is 16.4 Å². The van der Waals surface area contributed by atoms with E-state index in [2.05, 4.69) is 20.0 Å². The molecule has 1 saturated heterocycles. The number of hydrogen-bond acceptors (Lipinski definition) is 4. The number of piperidine rings is 1. The fourth-order valence-electron chi connectivity index (χ4n) is 2.31. The summed E-state index contributed by atoms with van der Waals surface area (Å²) in [5, 5.41) is 3.47. The van der Waals surface area contributed by atoms with Crippen molar-refractivity contribution in [2.75, 3.05) is 19.6 Å². The summed E-state index contributed by atoms with van der Waals surface area (Å²) in [4.78, 5) is 6.84. The van der Waals surface area contributed by atoms with E-state index in [1.165, 1.54) is 6.20 Å². The Morgan fingerprint density at radius 1 is 1.42 bits per heavy atom. The maximum Gasteiger partial charge on any atom is 0.257 e. The number of aromatic amines is 1. The largest absolute Gasteiger partial charge is 0.332 e. The second-order valence-corrected chi connectivity index (χ2v) is 6.66. The van der Waals surface area contributed by atoms with Crippen LogP contribution in [0.15, 0.2) is 11.2 Å². The van der Waals surface area contributed by atoms with E-state index in [4.69, 9.17) is 0 Å². The highest BCUT2D eigenvalue weighted by atomic mass is 32.2. The van der Waals surface area contributed by atoms with Crippen molar-refractivity contribution in [2.24, 2.45) is 5.92 Å². The van der Waals surface area contributed by atoms with Gasteiger partial charge in [-0.05, 0) is 38.3 Å². The third-order valence-electron chi connectivity index (χ3n) is 3.53.